The third kappa shape index (κ3) is 3.53. The second-order valence-electron chi connectivity index (χ2n) is 5.08. The van der Waals surface area contributed by atoms with Crippen LogP contribution in [0.25, 0.3) is 0 Å². The number of nitrogens with one attached hydrogen (secondary N) is 1. The van der Waals surface area contributed by atoms with E-state index in [9.17, 15) is 5.11 Å². The van der Waals surface area contributed by atoms with Gasteiger partial charge in [-0.25, -0.2) is 0 Å². The molecule has 3 nitrogen and oxygen atoms in total. The van der Waals surface area contributed by atoms with Gasteiger partial charge in [-0.2, -0.15) is 11.8 Å². The maximum absolute atomic E-state index is 9.65. The maximum atomic E-state index is 9.65. The lowest BCUT2D eigenvalue weighted by Gasteiger charge is -2.40. The molecule has 0 bridgehead atoms. The van der Waals surface area contributed by atoms with Gasteiger partial charge in [0.1, 0.15) is 5.76 Å². The van der Waals surface area contributed by atoms with E-state index in [1.807, 2.05) is 23.9 Å². The molecule has 2 N–H and O–H groups in total. The molecule has 2 rings (SSSR count). The van der Waals surface area contributed by atoms with Crippen LogP contribution in [0.1, 0.15) is 38.4 Å². The molecule has 0 spiro atoms. The molecule has 0 aliphatic heterocycles. The van der Waals surface area contributed by atoms with Crippen molar-refractivity contribution in [3.63, 3.8) is 0 Å². The van der Waals surface area contributed by atoms with E-state index in [0.717, 1.165) is 30.9 Å². The minimum atomic E-state index is -0.0478. The highest BCUT2D eigenvalue weighted by atomic mass is 32.2. The number of hydrogen-bond donors (Lipinski definition) is 2. The van der Waals surface area contributed by atoms with Crippen LogP contribution in [0.5, 0.6) is 0 Å². The Morgan fingerprint density at radius 2 is 2.50 bits per heavy atom. The smallest absolute Gasteiger partial charge is 0.113 e. The SMILES string of the molecule is CCNC1(CO)CCCC(SCc2ccco2)C1. The summed E-state index contributed by atoms with van der Waals surface area (Å²) < 4.78 is 5.36. The highest BCUT2D eigenvalue weighted by molar-refractivity contribution is 7.99. The zero-order valence-electron chi connectivity index (χ0n) is 11.0. The number of thioether (sulfide) groups is 1. The van der Waals surface area contributed by atoms with E-state index in [2.05, 4.69) is 12.2 Å². The lowest BCUT2D eigenvalue weighted by atomic mass is 9.82. The predicted octanol–water partition coefficient (Wildman–Crippen LogP) is 2.80. The summed E-state index contributed by atoms with van der Waals surface area (Å²) >= 11 is 1.95. The molecule has 2 atom stereocenters. The summed E-state index contributed by atoms with van der Waals surface area (Å²) in [6.45, 7) is 3.28. The average Bonchev–Trinajstić information content (AvgIpc) is 2.90. The summed E-state index contributed by atoms with van der Waals surface area (Å²) in [5, 5.41) is 13.8. The molecule has 102 valence electrons. The fraction of sp³-hybridized carbons (Fsp3) is 0.714. The van der Waals surface area contributed by atoms with Crippen LogP contribution < -0.4 is 5.32 Å². The highest BCUT2D eigenvalue weighted by Gasteiger charge is 2.35. The first kappa shape index (κ1) is 14.0. The van der Waals surface area contributed by atoms with Crippen LogP contribution in [0.15, 0.2) is 22.8 Å². The predicted molar refractivity (Wildman–Crippen MR) is 75.8 cm³/mol. The first-order chi connectivity index (χ1) is 8.78. The molecule has 1 aliphatic carbocycles. The first-order valence-electron chi connectivity index (χ1n) is 6.78. The summed E-state index contributed by atoms with van der Waals surface area (Å²) in [6.07, 6.45) is 6.33. The molecule has 1 fully saturated rings. The number of aliphatic hydroxyl groups is 1. The van der Waals surface area contributed by atoms with Crippen molar-refractivity contribution in [3.8, 4) is 0 Å². The Hall–Kier alpha value is -0.450. The van der Waals surface area contributed by atoms with Crippen molar-refractivity contribution in [3.05, 3.63) is 24.2 Å². The van der Waals surface area contributed by atoms with Gasteiger partial charge in [-0.1, -0.05) is 13.3 Å². The van der Waals surface area contributed by atoms with Crippen molar-refractivity contribution < 1.29 is 9.52 Å². The van der Waals surface area contributed by atoms with Crippen molar-refractivity contribution in [2.75, 3.05) is 13.2 Å². The summed E-state index contributed by atoms with van der Waals surface area (Å²) in [4.78, 5) is 0. The lowest BCUT2D eigenvalue weighted by Crippen LogP contribution is -2.52. The summed E-state index contributed by atoms with van der Waals surface area (Å²) in [5.74, 6) is 1.98. The number of hydrogen-bond acceptors (Lipinski definition) is 4. The molecule has 1 aromatic heterocycles. The maximum Gasteiger partial charge on any atom is 0.113 e. The van der Waals surface area contributed by atoms with Gasteiger partial charge in [-0.05, 0) is 37.9 Å². The Morgan fingerprint density at radius 3 is 3.17 bits per heavy atom. The quantitative estimate of drug-likeness (QED) is 0.833. The minimum absolute atomic E-state index is 0.0478. The molecule has 1 saturated carbocycles. The standard InChI is InChI=1S/C14H23NO2S/c1-2-15-14(11-16)7-3-6-13(9-14)18-10-12-5-4-8-17-12/h4-5,8,13,15-16H,2-3,6-7,9-11H2,1H3. The van der Waals surface area contributed by atoms with Gasteiger partial charge in [0.2, 0.25) is 0 Å². The molecular formula is C14H23NO2S. The Morgan fingerprint density at radius 1 is 1.61 bits per heavy atom. The largest absolute Gasteiger partial charge is 0.468 e. The highest BCUT2D eigenvalue weighted by Crippen LogP contribution is 2.36. The summed E-state index contributed by atoms with van der Waals surface area (Å²) in [6, 6.07) is 3.97. The van der Waals surface area contributed by atoms with Crippen LogP contribution in [-0.2, 0) is 5.75 Å². The van der Waals surface area contributed by atoms with Gasteiger partial charge in [-0.15, -0.1) is 0 Å². The van der Waals surface area contributed by atoms with E-state index in [1.165, 1.54) is 12.8 Å². The van der Waals surface area contributed by atoms with Gasteiger partial charge in [-0.3, -0.25) is 0 Å². The van der Waals surface area contributed by atoms with Crippen LogP contribution in [0.4, 0.5) is 0 Å². The van der Waals surface area contributed by atoms with Crippen LogP contribution in [0.3, 0.4) is 0 Å². The Bertz CT molecular complexity index is 338. The van der Waals surface area contributed by atoms with Gasteiger partial charge in [0.05, 0.1) is 18.6 Å². The fourth-order valence-electron chi connectivity index (χ4n) is 2.78. The van der Waals surface area contributed by atoms with Crippen LogP contribution in [0.2, 0.25) is 0 Å². The molecule has 1 heterocycles. The molecule has 1 aliphatic rings. The number of furan rings is 1. The van der Waals surface area contributed by atoms with Crippen molar-refractivity contribution in [1.82, 2.24) is 5.32 Å². The van der Waals surface area contributed by atoms with E-state index in [4.69, 9.17) is 4.42 Å². The minimum Gasteiger partial charge on any atom is -0.468 e. The van der Waals surface area contributed by atoms with E-state index >= 15 is 0 Å². The molecule has 1 aromatic rings. The Kier molecular flexibility index (Phi) is 5.15. The zero-order valence-corrected chi connectivity index (χ0v) is 11.8. The van der Waals surface area contributed by atoms with Gasteiger partial charge < -0.3 is 14.8 Å². The number of rotatable bonds is 6. The molecule has 0 radical (unpaired) electrons. The van der Waals surface area contributed by atoms with Crippen LogP contribution in [-0.4, -0.2) is 29.0 Å². The van der Waals surface area contributed by atoms with Gasteiger partial charge >= 0.3 is 0 Å². The second-order valence-corrected chi connectivity index (χ2v) is 6.37. The van der Waals surface area contributed by atoms with E-state index in [0.29, 0.717) is 5.25 Å². The van der Waals surface area contributed by atoms with Crippen molar-refractivity contribution in [2.24, 2.45) is 0 Å². The summed E-state index contributed by atoms with van der Waals surface area (Å²) in [5.41, 5.74) is -0.0478. The van der Waals surface area contributed by atoms with Crippen LogP contribution in [0, 0.1) is 0 Å². The molecule has 0 saturated heterocycles. The second kappa shape index (κ2) is 6.64. The van der Waals surface area contributed by atoms with E-state index < -0.39 is 0 Å². The summed E-state index contributed by atoms with van der Waals surface area (Å²) in [7, 11) is 0. The Labute approximate surface area is 113 Å². The zero-order chi connectivity index (χ0) is 12.8. The molecule has 0 aromatic carbocycles. The molecule has 18 heavy (non-hydrogen) atoms. The molecule has 0 amide bonds. The third-order valence-corrected chi connectivity index (χ3v) is 5.02. The van der Waals surface area contributed by atoms with Crippen molar-refractivity contribution in [1.29, 1.82) is 0 Å². The first-order valence-corrected chi connectivity index (χ1v) is 7.83. The molecular weight excluding hydrogens is 246 g/mol. The van der Waals surface area contributed by atoms with Gasteiger partial charge in [0.25, 0.3) is 0 Å². The van der Waals surface area contributed by atoms with Crippen LogP contribution >= 0.6 is 11.8 Å². The lowest BCUT2D eigenvalue weighted by molar-refractivity contribution is 0.125. The topological polar surface area (TPSA) is 45.4 Å². The van der Waals surface area contributed by atoms with E-state index in [1.54, 1.807) is 6.26 Å². The number of likely N-dealkylation sites (N-methyl/N-ethyl adjacent to an activating group) is 1. The van der Waals surface area contributed by atoms with Gasteiger partial charge in [0, 0.05) is 10.8 Å². The third-order valence-electron chi connectivity index (χ3n) is 3.70. The molecule has 4 heteroatoms. The van der Waals surface area contributed by atoms with Crippen molar-refractivity contribution in [2.45, 2.75) is 49.1 Å². The van der Waals surface area contributed by atoms with Gasteiger partial charge in [0.15, 0.2) is 0 Å². The average molecular weight is 269 g/mol. The fourth-order valence-corrected chi connectivity index (χ4v) is 4.11. The number of aliphatic hydroxyl groups excluding tert-OH is 1. The molecule has 2 unspecified atom stereocenters. The van der Waals surface area contributed by atoms with Crippen molar-refractivity contribution >= 4 is 11.8 Å². The normalized spacial score (nSPS) is 28.4. The van der Waals surface area contributed by atoms with E-state index in [-0.39, 0.29) is 12.1 Å². The Balaban J connectivity index is 1.85. The monoisotopic (exact) mass is 269 g/mol.